The first-order valence-corrected chi connectivity index (χ1v) is 7.98. The van der Waals surface area contributed by atoms with Gasteiger partial charge in [0, 0.05) is 28.7 Å². The third-order valence-electron chi connectivity index (χ3n) is 3.42. The summed E-state index contributed by atoms with van der Waals surface area (Å²) >= 11 is 12.2. The van der Waals surface area contributed by atoms with Crippen molar-refractivity contribution in [1.82, 2.24) is 20.4 Å². The minimum absolute atomic E-state index is 0.0995. The van der Waals surface area contributed by atoms with Gasteiger partial charge >= 0.3 is 0 Å². The maximum absolute atomic E-state index is 12.1. The molecule has 25 heavy (non-hydrogen) atoms. The van der Waals surface area contributed by atoms with E-state index in [9.17, 15) is 9.59 Å². The number of aromatic amines is 1. The molecule has 0 fully saturated rings. The number of carbonyl (C=O) groups excluding carboxylic acids is 1. The number of nitrogens with one attached hydrogen (secondary N) is 2. The van der Waals surface area contributed by atoms with Crippen molar-refractivity contribution in [2.24, 2.45) is 0 Å². The highest BCUT2D eigenvalue weighted by Crippen LogP contribution is 2.25. The van der Waals surface area contributed by atoms with Crippen molar-refractivity contribution in [3.05, 3.63) is 79.8 Å². The van der Waals surface area contributed by atoms with Crippen LogP contribution in [-0.4, -0.2) is 21.0 Å². The quantitative estimate of drug-likeness (QED) is 0.710. The normalized spacial score (nSPS) is 10.6. The van der Waals surface area contributed by atoms with Gasteiger partial charge in [-0.3, -0.25) is 9.59 Å². The lowest BCUT2D eigenvalue weighted by atomic mass is 10.1. The number of nitrogens with zero attached hydrogens (tertiary/aromatic N) is 2. The van der Waals surface area contributed by atoms with Gasteiger partial charge in [0.15, 0.2) is 0 Å². The molecule has 3 aromatic rings. The van der Waals surface area contributed by atoms with Crippen molar-refractivity contribution in [3.8, 4) is 0 Å². The van der Waals surface area contributed by atoms with Crippen molar-refractivity contribution in [1.29, 1.82) is 0 Å². The smallest absolute Gasteiger partial charge is 0.263 e. The van der Waals surface area contributed by atoms with E-state index in [0.717, 1.165) is 0 Å². The SMILES string of the molecule is O=C(NCc1ccon1)c1cnc(Cc2c(Cl)cccc2Cl)[nH]c1=O. The Morgan fingerprint density at radius 2 is 2.00 bits per heavy atom. The molecule has 0 unspecified atom stereocenters. The molecule has 2 aromatic heterocycles. The number of aromatic nitrogens is 3. The molecule has 7 nitrogen and oxygen atoms in total. The summed E-state index contributed by atoms with van der Waals surface area (Å²) < 4.78 is 4.66. The van der Waals surface area contributed by atoms with Crippen molar-refractivity contribution in [2.75, 3.05) is 0 Å². The molecule has 3 rings (SSSR count). The standard InChI is InChI=1S/C16H12Cl2N4O3/c17-12-2-1-3-13(18)10(12)6-14-19-8-11(16(24)21-14)15(23)20-7-9-4-5-25-22-9/h1-5,8H,6-7H2,(H,20,23)(H,19,21,24). The molecule has 2 N–H and O–H groups in total. The molecular formula is C16H12Cl2N4O3. The zero-order valence-electron chi connectivity index (χ0n) is 12.8. The molecule has 1 aromatic carbocycles. The van der Waals surface area contributed by atoms with E-state index < -0.39 is 11.5 Å². The summed E-state index contributed by atoms with van der Waals surface area (Å²) in [5.41, 5.74) is 0.545. The minimum Gasteiger partial charge on any atom is -0.364 e. The first kappa shape index (κ1) is 17.2. The van der Waals surface area contributed by atoms with Crippen LogP contribution in [0, 0.1) is 0 Å². The highest BCUT2D eigenvalue weighted by Gasteiger charge is 2.14. The lowest BCUT2D eigenvalue weighted by Gasteiger charge is -2.07. The van der Waals surface area contributed by atoms with Gasteiger partial charge in [0.1, 0.15) is 23.3 Å². The fraction of sp³-hybridized carbons (Fsp3) is 0.125. The van der Waals surface area contributed by atoms with Crippen LogP contribution in [0.5, 0.6) is 0 Å². The van der Waals surface area contributed by atoms with Crippen molar-refractivity contribution < 1.29 is 9.32 Å². The van der Waals surface area contributed by atoms with Crippen LogP contribution in [0.2, 0.25) is 10.0 Å². The Morgan fingerprint density at radius 3 is 2.64 bits per heavy atom. The average Bonchev–Trinajstić information content (AvgIpc) is 3.10. The molecule has 128 valence electrons. The van der Waals surface area contributed by atoms with Crippen LogP contribution in [0.15, 0.2) is 46.0 Å². The van der Waals surface area contributed by atoms with E-state index in [1.54, 1.807) is 24.3 Å². The zero-order chi connectivity index (χ0) is 17.8. The van der Waals surface area contributed by atoms with Crippen LogP contribution in [-0.2, 0) is 13.0 Å². The minimum atomic E-state index is -0.556. The Hall–Kier alpha value is -2.64. The number of carbonyl (C=O) groups is 1. The summed E-state index contributed by atoms with van der Waals surface area (Å²) in [7, 11) is 0. The highest BCUT2D eigenvalue weighted by molar-refractivity contribution is 6.36. The molecule has 0 radical (unpaired) electrons. The third-order valence-corrected chi connectivity index (χ3v) is 4.13. The molecule has 0 atom stereocenters. The van der Waals surface area contributed by atoms with Gasteiger partial charge in [-0.2, -0.15) is 0 Å². The van der Waals surface area contributed by atoms with Crippen LogP contribution in [0.3, 0.4) is 0 Å². The van der Waals surface area contributed by atoms with E-state index in [-0.39, 0.29) is 18.5 Å². The topological polar surface area (TPSA) is 101 Å². The summed E-state index contributed by atoms with van der Waals surface area (Å²) in [5, 5.41) is 7.18. The zero-order valence-corrected chi connectivity index (χ0v) is 14.3. The van der Waals surface area contributed by atoms with E-state index in [0.29, 0.717) is 27.1 Å². The summed E-state index contributed by atoms with van der Waals surface area (Å²) in [6, 6.07) is 6.74. The van der Waals surface area contributed by atoms with Gasteiger partial charge in [-0.15, -0.1) is 0 Å². The Labute approximate surface area is 152 Å². The van der Waals surface area contributed by atoms with E-state index in [1.807, 2.05) is 0 Å². The molecule has 0 bridgehead atoms. The number of rotatable bonds is 5. The van der Waals surface area contributed by atoms with Crippen LogP contribution in [0.4, 0.5) is 0 Å². The largest absolute Gasteiger partial charge is 0.364 e. The number of amides is 1. The van der Waals surface area contributed by atoms with E-state index >= 15 is 0 Å². The van der Waals surface area contributed by atoms with Gasteiger partial charge in [0.05, 0.1) is 6.54 Å². The molecule has 0 aliphatic heterocycles. The fourth-order valence-electron chi connectivity index (χ4n) is 2.15. The van der Waals surface area contributed by atoms with Gasteiger partial charge in [-0.05, 0) is 17.7 Å². The second-order valence-corrected chi connectivity index (χ2v) is 5.94. The molecule has 9 heteroatoms. The van der Waals surface area contributed by atoms with E-state index in [2.05, 4.69) is 25.0 Å². The third kappa shape index (κ3) is 4.07. The molecule has 0 aliphatic rings. The fourth-order valence-corrected chi connectivity index (χ4v) is 2.68. The van der Waals surface area contributed by atoms with Crippen molar-refractivity contribution in [2.45, 2.75) is 13.0 Å². The van der Waals surface area contributed by atoms with Gasteiger partial charge in [0.2, 0.25) is 0 Å². The summed E-state index contributed by atoms with van der Waals surface area (Å²) in [4.78, 5) is 30.9. The molecule has 0 saturated carbocycles. The summed E-state index contributed by atoms with van der Waals surface area (Å²) in [6.45, 7) is 0.145. The maximum atomic E-state index is 12.1. The Balaban J connectivity index is 1.74. The summed E-state index contributed by atoms with van der Waals surface area (Å²) in [6.07, 6.45) is 2.86. The van der Waals surface area contributed by atoms with E-state index in [1.165, 1.54) is 12.5 Å². The van der Waals surface area contributed by atoms with E-state index in [4.69, 9.17) is 23.2 Å². The van der Waals surface area contributed by atoms with Crippen molar-refractivity contribution >= 4 is 29.1 Å². The average molecular weight is 379 g/mol. The monoisotopic (exact) mass is 378 g/mol. The molecule has 1 amide bonds. The van der Waals surface area contributed by atoms with Gasteiger partial charge in [-0.1, -0.05) is 34.4 Å². The number of benzene rings is 1. The maximum Gasteiger partial charge on any atom is 0.263 e. The van der Waals surface area contributed by atoms with Crippen LogP contribution in [0.1, 0.15) is 27.4 Å². The molecule has 0 spiro atoms. The van der Waals surface area contributed by atoms with Crippen LogP contribution in [0.25, 0.3) is 0 Å². The molecule has 2 heterocycles. The van der Waals surface area contributed by atoms with Crippen LogP contribution < -0.4 is 10.9 Å². The molecular weight excluding hydrogens is 367 g/mol. The highest BCUT2D eigenvalue weighted by atomic mass is 35.5. The summed E-state index contributed by atoms with van der Waals surface area (Å²) in [5.74, 6) is -0.202. The van der Waals surface area contributed by atoms with Gasteiger partial charge in [-0.25, -0.2) is 4.98 Å². The Morgan fingerprint density at radius 1 is 1.24 bits per heavy atom. The number of H-pyrrole nitrogens is 1. The second-order valence-electron chi connectivity index (χ2n) is 5.12. The van der Waals surface area contributed by atoms with Crippen molar-refractivity contribution in [3.63, 3.8) is 0 Å². The number of hydrogen-bond donors (Lipinski definition) is 2. The Kier molecular flexibility index (Phi) is 5.16. The molecule has 0 aliphatic carbocycles. The first-order chi connectivity index (χ1) is 12.0. The van der Waals surface area contributed by atoms with Gasteiger partial charge in [0.25, 0.3) is 11.5 Å². The lowest BCUT2D eigenvalue weighted by Crippen LogP contribution is -2.30. The lowest BCUT2D eigenvalue weighted by molar-refractivity contribution is 0.0948. The second kappa shape index (κ2) is 7.50. The predicted octanol–water partition coefficient (Wildman–Crippen LogP) is 2.59. The molecule has 0 saturated heterocycles. The first-order valence-electron chi connectivity index (χ1n) is 7.23. The number of halogens is 2. The number of hydrogen-bond acceptors (Lipinski definition) is 5. The Bertz CT molecular complexity index is 934. The van der Waals surface area contributed by atoms with Gasteiger partial charge < -0.3 is 14.8 Å². The van der Waals surface area contributed by atoms with Crippen LogP contribution >= 0.6 is 23.2 Å². The predicted molar refractivity (Wildman–Crippen MR) is 91.8 cm³/mol.